The Labute approximate surface area is 211 Å². The largest absolute Gasteiger partial charge is 0.465 e. The van der Waals surface area contributed by atoms with E-state index in [9.17, 15) is 4.79 Å². The molecule has 4 aromatic carbocycles. The first-order chi connectivity index (χ1) is 17.6. The number of carbonyl (C=O) groups is 1. The Balaban J connectivity index is 1.72. The summed E-state index contributed by atoms with van der Waals surface area (Å²) in [5, 5.41) is 0. The predicted molar refractivity (Wildman–Crippen MR) is 146 cm³/mol. The number of aryl methyl sites for hydroxylation is 1. The first-order valence-corrected chi connectivity index (χ1v) is 11.8. The zero-order chi connectivity index (χ0) is 24.9. The van der Waals surface area contributed by atoms with Gasteiger partial charge in [-0.1, -0.05) is 84.4 Å². The van der Waals surface area contributed by atoms with E-state index >= 15 is 0 Å². The highest BCUT2D eigenvalue weighted by molar-refractivity contribution is 5.95. The van der Waals surface area contributed by atoms with Crippen LogP contribution in [0.15, 0.2) is 120 Å². The van der Waals surface area contributed by atoms with Gasteiger partial charge in [0.1, 0.15) is 0 Å². The smallest absolute Gasteiger partial charge is 0.337 e. The third kappa shape index (κ3) is 4.75. The highest BCUT2D eigenvalue weighted by Crippen LogP contribution is 2.35. The van der Waals surface area contributed by atoms with Gasteiger partial charge in [-0.25, -0.2) is 4.79 Å². The Kier molecular flexibility index (Phi) is 6.59. The number of carbonyl (C=O) groups excluding carboxylic acids is 1. The van der Waals surface area contributed by atoms with Gasteiger partial charge in [0.05, 0.1) is 29.7 Å². The van der Waals surface area contributed by atoms with E-state index < -0.39 is 0 Å². The average Bonchev–Trinajstić information content (AvgIpc) is 3.32. The lowest BCUT2D eigenvalue weighted by Crippen LogP contribution is -2.00. The third-order valence-corrected chi connectivity index (χ3v) is 6.06. The molecule has 5 aromatic rings. The van der Waals surface area contributed by atoms with Gasteiger partial charge in [0.15, 0.2) is 0 Å². The fourth-order valence-electron chi connectivity index (χ4n) is 4.28. The molecule has 0 amide bonds. The van der Waals surface area contributed by atoms with Crippen LogP contribution in [0.4, 0.5) is 5.69 Å². The molecule has 176 valence electrons. The summed E-state index contributed by atoms with van der Waals surface area (Å²) in [6.07, 6.45) is 1.87. The molecule has 0 saturated carbocycles. The summed E-state index contributed by atoms with van der Waals surface area (Å²) in [6, 6.07) is 38.6. The van der Waals surface area contributed by atoms with Crippen molar-refractivity contribution in [2.75, 3.05) is 7.11 Å². The van der Waals surface area contributed by atoms with E-state index in [0.717, 1.165) is 33.8 Å². The van der Waals surface area contributed by atoms with Gasteiger partial charge in [-0.15, -0.1) is 0 Å². The van der Waals surface area contributed by atoms with Gasteiger partial charge in [-0.3, -0.25) is 4.99 Å². The second-order valence-electron chi connectivity index (χ2n) is 8.54. The molecular weight excluding hydrogens is 444 g/mol. The molecule has 0 N–H and O–H groups in total. The molecular formula is C32H26N2O2. The molecule has 36 heavy (non-hydrogen) atoms. The molecule has 0 fully saturated rings. The second kappa shape index (κ2) is 10.3. The molecule has 0 aliphatic carbocycles. The number of rotatable bonds is 6. The van der Waals surface area contributed by atoms with Crippen LogP contribution in [0.2, 0.25) is 0 Å². The van der Waals surface area contributed by atoms with Crippen molar-refractivity contribution in [1.29, 1.82) is 0 Å². The van der Waals surface area contributed by atoms with Crippen molar-refractivity contribution in [3.05, 3.63) is 132 Å². The van der Waals surface area contributed by atoms with Gasteiger partial charge in [0, 0.05) is 17.5 Å². The minimum atomic E-state index is -0.381. The second-order valence-corrected chi connectivity index (χ2v) is 8.54. The maximum Gasteiger partial charge on any atom is 0.337 e. The van der Waals surface area contributed by atoms with E-state index in [-0.39, 0.29) is 5.97 Å². The van der Waals surface area contributed by atoms with E-state index in [1.807, 2.05) is 42.6 Å². The quantitative estimate of drug-likeness (QED) is 0.189. The number of aliphatic imine (C=N–C) groups is 1. The van der Waals surface area contributed by atoms with Crippen molar-refractivity contribution >= 4 is 17.9 Å². The molecule has 1 aromatic heterocycles. The average molecular weight is 471 g/mol. The van der Waals surface area contributed by atoms with Gasteiger partial charge in [-0.2, -0.15) is 0 Å². The number of nitrogens with zero attached hydrogens (tertiary/aromatic N) is 2. The molecule has 0 aliphatic heterocycles. The number of benzene rings is 4. The van der Waals surface area contributed by atoms with Crippen LogP contribution in [-0.2, 0) is 4.74 Å². The van der Waals surface area contributed by atoms with Gasteiger partial charge < -0.3 is 9.30 Å². The number of hydrogen-bond donors (Lipinski definition) is 0. The Hall–Kier alpha value is -4.70. The minimum Gasteiger partial charge on any atom is -0.465 e. The first kappa shape index (κ1) is 23.1. The Bertz CT molecular complexity index is 1520. The number of aromatic nitrogens is 1. The zero-order valence-corrected chi connectivity index (χ0v) is 20.3. The highest BCUT2D eigenvalue weighted by Gasteiger charge is 2.18. The van der Waals surface area contributed by atoms with Crippen LogP contribution in [0, 0.1) is 6.92 Å². The Morgan fingerprint density at radius 3 is 2.11 bits per heavy atom. The van der Waals surface area contributed by atoms with Crippen LogP contribution < -0.4 is 0 Å². The molecule has 0 aliphatic rings. The van der Waals surface area contributed by atoms with E-state index in [4.69, 9.17) is 9.73 Å². The van der Waals surface area contributed by atoms with Crippen LogP contribution in [0.1, 0.15) is 21.5 Å². The standard InChI is InChI=1S/C32H26N2O2/c1-23-16-18-29(19-17-23)34-30(24-10-5-3-6-11-24)21-27(31(34)25-12-7-4-8-13-25)22-33-28-15-9-14-26(20-28)32(35)36-2/h3-22H,1-2H3. The summed E-state index contributed by atoms with van der Waals surface area (Å²) in [7, 11) is 1.38. The molecule has 0 bridgehead atoms. The van der Waals surface area contributed by atoms with Gasteiger partial charge >= 0.3 is 5.97 Å². The molecule has 0 saturated heterocycles. The molecule has 4 heteroatoms. The van der Waals surface area contributed by atoms with E-state index in [0.29, 0.717) is 11.3 Å². The minimum absolute atomic E-state index is 0.381. The van der Waals surface area contributed by atoms with Crippen molar-refractivity contribution in [2.45, 2.75) is 6.92 Å². The SMILES string of the molecule is COC(=O)c1cccc(N=Cc2cc(-c3ccccc3)n(-c3ccc(C)cc3)c2-c2ccccc2)c1. The van der Waals surface area contributed by atoms with E-state index in [2.05, 4.69) is 78.2 Å². The van der Waals surface area contributed by atoms with Crippen molar-refractivity contribution in [1.82, 2.24) is 4.57 Å². The lowest BCUT2D eigenvalue weighted by Gasteiger charge is -2.15. The maximum atomic E-state index is 12.0. The predicted octanol–water partition coefficient (Wildman–Crippen LogP) is 7.66. The number of hydrogen-bond acceptors (Lipinski definition) is 3. The molecule has 0 spiro atoms. The Morgan fingerprint density at radius 2 is 1.44 bits per heavy atom. The van der Waals surface area contributed by atoms with Gasteiger partial charge in [-0.05, 0) is 54.4 Å². The number of methoxy groups -OCH3 is 1. The number of esters is 1. The molecule has 5 rings (SSSR count). The van der Waals surface area contributed by atoms with E-state index in [1.165, 1.54) is 12.7 Å². The van der Waals surface area contributed by atoms with E-state index in [1.54, 1.807) is 12.1 Å². The molecule has 0 radical (unpaired) electrons. The van der Waals surface area contributed by atoms with Crippen LogP contribution in [0.3, 0.4) is 0 Å². The van der Waals surface area contributed by atoms with Crippen LogP contribution in [0.25, 0.3) is 28.2 Å². The lowest BCUT2D eigenvalue weighted by molar-refractivity contribution is 0.0601. The molecule has 1 heterocycles. The normalized spacial score (nSPS) is 11.1. The summed E-state index contributed by atoms with van der Waals surface area (Å²) in [5.41, 5.74) is 8.73. The van der Waals surface area contributed by atoms with Crippen LogP contribution >= 0.6 is 0 Å². The maximum absolute atomic E-state index is 12.0. The number of ether oxygens (including phenoxy) is 1. The highest BCUT2D eigenvalue weighted by atomic mass is 16.5. The van der Waals surface area contributed by atoms with Crippen molar-refractivity contribution < 1.29 is 9.53 Å². The summed E-state index contributed by atoms with van der Waals surface area (Å²) < 4.78 is 7.15. The first-order valence-electron chi connectivity index (χ1n) is 11.8. The monoisotopic (exact) mass is 470 g/mol. The molecule has 4 nitrogen and oxygen atoms in total. The zero-order valence-electron chi connectivity index (χ0n) is 20.3. The topological polar surface area (TPSA) is 43.6 Å². The summed E-state index contributed by atoms with van der Waals surface area (Å²) in [5.74, 6) is -0.381. The van der Waals surface area contributed by atoms with Gasteiger partial charge in [0.2, 0.25) is 0 Å². The van der Waals surface area contributed by atoms with Crippen molar-refractivity contribution in [3.63, 3.8) is 0 Å². The van der Waals surface area contributed by atoms with Crippen molar-refractivity contribution in [2.24, 2.45) is 4.99 Å². The summed E-state index contributed by atoms with van der Waals surface area (Å²) >= 11 is 0. The molecule has 0 atom stereocenters. The molecule has 0 unspecified atom stereocenters. The van der Waals surface area contributed by atoms with Crippen molar-refractivity contribution in [3.8, 4) is 28.2 Å². The third-order valence-electron chi connectivity index (χ3n) is 6.06. The van der Waals surface area contributed by atoms with Gasteiger partial charge in [0.25, 0.3) is 0 Å². The lowest BCUT2D eigenvalue weighted by atomic mass is 10.1. The Morgan fingerprint density at radius 1 is 0.778 bits per heavy atom. The fourth-order valence-corrected chi connectivity index (χ4v) is 4.28. The summed E-state index contributed by atoms with van der Waals surface area (Å²) in [4.78, 5) is 16.7. The summed E-state index contributed by atoms with van der Waals surface area (Å²) in [6.45, 7) is 2.09. The van der Waals surface area contributed by atoms with Crippen LogP contribution in [0.5, 0.6) is 0 Å². The van der Waals surface area contributed by atoms with Crippen LogP contribution in [-0.4, -0.2) is 23.9 Å². The fraction of sp³-hybridized carbons (Fsp3) is 0.0625.